The molecule has 2 amide bonds. The smallest absolute Gasteiger partial charge is 0.494 e. The van der Waals surface area contributed by atoms with Crippen molar-refractivity contribution < 1.29 is 28.8 Å². The van der Waals surface area contributed by atoms with E-state index in [-0.39, 0.29) is 18.7 Å². The molecule has 2 rings (SSSR count). The van der Waals surface area contributed by atoms with E-state index in [0.29, 0.717) is 5.69 Å². The Balaban J connectivity index is 0.00000392. The van der Waals surface area contributed by atoms with E-state index in [2.05, 4.69) is 5.32 Å². The van der Waals surface area contributed by atoms with E-state index in [1.165, 1.54) is 6.41 Å². The number of aliphatic carboxylic acids is 1. The van der Waals surface area contributed by atoms with Crippen LogP contribution in [-0.2, 0) is 23.7 Å². The van der Waals surface area contributed by atoms with Gasteiger partial charge in [-0.15, -0.1) is 0 Å². The molecule has 1 aromatic carbocycles. The Hall–Kier alpha value is -3.39. The van der Waals surface area contributed by atoms with Crippen molar-refractivity contribution >= 4 is 36.6 Å². The van der Waals surface area contributed by atoms with E-state index in [9.17, 15) is 14.4 Å². The Bertz CT molecular complexity index is 712. The van der Waals surface area contributed by atoms with Gasteiger partial charge in [0.2, 0.25) is 5.91 Å². The molecular weight excluding hydrogens is 608 g/mol. The summed E-state index contributed by atoms with van der Waals surface area (Å²) < 4.78 is 12.0. The summed E-state index contributed by atoms with van der Waals surface area (Å²) in [6, 6.07) is 5.95. The van der Waals surface area contributed by atoms with Crippen LogP contribution in [0.25, 0.3) is 0 Å². The number of hydrogen-bond donors (Lipinski definition) is 3. The fraction of sp³-hybridized carbons (Fsp3) is 0.500. The fourth-order valence-corrected chi connectivity index (χ4v) is 2.57. The van der Waals surface area contributed by atoms with Gasteiger partial charge in [0.1, 0.15) is 0 Å². The van der Waals surface area contributed by atoms with Gasteiger partial charge in [0.25, 0.3) is 0 Å². The van der Waals surface area contributed by atoms with Crippen LogP contribution >= 0.6 is 0 Å². The van der Waals surface area contributed by atoms with Gasteiger partial charge in [-0.25, -0.2) is 0 Å². The molecule has 0 unspecified atom stereocenters. The van der Waals surface area contributed by atoms with Gasteiger partial charge in [-0.2, -0.15) is 6.41 Å². The maximum atomic E-state index is 12.1. The average molecular weight is 632 g/mol. The monoisotopic (exact) mass is 632 g/mol. The molecule has 1 aliphatic heterocycles. The molecule has 0 radical (unpaired) electrons. The number of anilines is 1. The third-order valence-corrected chi connectivity index (χ3v) is 4.89. The van der Waals surface area contributed by atoms with E-state index in [4.69, 9.17) is 14.4 Å². The first-order valence-electron chi connectivity index (χ1n) is 8.66. The van der Waals surface area contributed by atoms with Crippen LogP contribution in [0.3, 0.4) is 0 Å². The van der Waals surface area contributed by atoms with Gasteiger partial charge in [0.15, 0.2) is 0 Å². The van der Waals surface area contributed by atoms with Crippen molar-refractivity contribution in [2.45, 2.75) is 57.8 Å². The zero-order chi connectivity index (χ0) is 20.2. The second-order valence-corrected chi connectivity index (χ2v) is 7.44. The Morgan fingerprint density at radius 2 is 1.82 bits per heavy atom. The first-order valence-corrected chi connectivity index (χ1v) is 8.66. The number of nitrogens with one attached hydrogen (secondary N) is 2. The summed E-state index contributed by atoms with van der Waals surface area (Å²) in [5.74, 6) is -1.58. The van der Waals surface area contributed by atoms with Crippen LogP contribution in [0.4, 0.5) is 5.69 Å². The van der Waals surface area contributed by atoms with Crippen LogP contribution < -0.4 is 16.1 Å². The van der Waals surface area contributed by atoms with Crippen LogP contribution in [0.2, 0.25) is 0 Å². The molecule has 1 atom stereocenters. The van der Waals surface area contributed by atoms with Crippen LogP contribution in [0.5, 0.6) is 0 Å². The van der Waals surface area contributed by atoms with Crippen molar-refractivity contribution in [2.24, 2.45) is 0 Å². The molecule has 1 heterocycles. The normalized spacial score (nSPS) is 17.9. The van der Waals surface area contributed by atoms with Gasteiger partial charge >= 0.3 is 13.1 Å². The molecule has 10 heteroatoms. The Morgan fingerprint density at radius 3 is 2.36 bits per heavy atom. The van der Waals surface area contributed by atoms with E-state index in [0.717, 1.165) is 5.46 Å². The quantitative estimate of drug-likeness (QED) is 0.222. The number of carboxylic acid groups (broad SMARTS) is 1. The van der Waals surface area contributed by atoms with Gasteiger partial charge in [0.05, 0.1) is 17.2 Å². The maximum Gasteiger partial charge on any atom is 0.494 e. The van der Waals surface area contributed by atoms with E-state index in [1.807, 2.05) is 39.1 Å². The molecule has 1 fully saturated rings. The van der Waals surface area contributed by atoms with Crippen LogP contribution in [0.15, 0.2) is 24.3 Å². The van der Waals surface area contributed by atoms with Gasteiger partial charge < -0.3 is 29.8 Å². The number of carbonyl (C=O) groups is 2. The van der Waals surface area contributed by atoms with Crippen molar-refractivity contribution in [2.75, 3.05) is 5.32 Å². The topological polar surface area (TPSA) is 114 Å². The number of rotatable bonds is 8. The van der Waals surface area contributed by atoms with Gasteiger partial charge in [-0.1, -0.05) is 12.1 Å². The summed E-state index contributed by atoms with van der Waals surface area (Å²) in [4.78, 5) is 33.3. The first-order chi connectivity index (χ1) is 12.6. The number of hydrogen-bond acceptors (Lipinski definition) is 5. The third kappa shape index (κ3) is 5.08. The number of amides is 2. The molecule has 0 bridgehead atoms. The fourth-order valence-electron chi connectivity index (χ4n) is 2.57. The SMILES string of the molecule is CC1(C)OB(c2cccc(NC(=O)CC[C@H](N[C-]=O)C(=O)O)c2)OC1(C)C.[Fm]. The molecule has 0 aromatic heterocycles. The summed E-state index contributed by atoms with van der Waals surface area (Å²) in [5.41, 5.74) is 0.387. The standard InChI is InChI=1S/C18H24BN2O6.Fm/c1-17(2)18(3,4)27-19(26-17)12-6-5-7-13(10-12)21-15(23)9-8-14(16(24)25)20-11-22;/h5-7,10,14H,8-9H2,1-4H3,(H,20,22)(H,21,23)(H,24,25);/q-1;/t14-;/m0./s1. The van der Waals surface area contributed by atoms with Crippen LogP contribution in [0.1, 0.15) is 40.5 Å². The Morgan fingerprint density at radius 1 is 1.21 bits per heavy atom. The Kier molecular flexibility index (Phi) is 6.91. The summed E-state index contributed by atoms with van der Waals surface area (Å²) in [6.07, 6.45) is 1.24. The molecule has 3 N–H and O–H groups in total. The summed E-state index contributed by atoms with van der Waals surface area (Å²) in [6.45, 7) is 7.84. The molecule has 1 saturated heterocycles. The molecule has 0 saturated carbocycles. The van der Waals surface area contributed by atoms with Gasteiger partial charge in [-0.05, 0) is 51.7 Å². The largest absolute Gasteiger partial charge is 0.520 e. The van der Waals surface area contributed by atoms with E-state index < -0.39 is 30.3 Å². The predicted octanol–water partition coefficient (Wildman–Crippen LogP) is 0.815. The summed E-state index contributed by atoms with van der Waals surface area (Å²) in [7, 11) is -0.546. The molecular formula is C18H24BFmN2O6-. The molecule has 1 aromatic rings. The van der Waals surface area contributed by atoms with Gasteiger partial charge in [-0.3, -0.25) is 9.59 Å². The first kappa shape index (κ1) is 22.7. The molecule has 158 valence electrons. The van der Waals surface area contributed by atoms with Crippen molar-refractivity contribution in [1.29, 1.82) is 0 Å². The van der Waals surface area contributed by atoms with Crippen molar-refractivity contribution in [3.63, 3.8) is 0 Å². The molecule has 0 spiro atoms. The predicted molar refractivity (Wildman–Crippen MR) is 100 cm³/mol. The second-order valence-electron chi connectivity index (χ2n) is 7.44. The minimum atomic E-state index is -1.21. The summed E-state index contributed by atoms with van der Waals surface area (Å²) >= 11 is 0. The number of carbonyl (C=O) groups excluding carboxylic acids is 2. The minimum Gasteiger partial charge on any atom is -0.520 e. The van der Waals surface area contributed by atoms with Crippen molar-refractivity contribution in [3.05, 3.63) is 24.3 Å². The van der Waals surface area contributed by atoms with Crippen molar-refractivity contribution in [1.82, 2.24) is 5.32 Å². The summed E-state index contributed by atoms with van der Waals surface area (Å²) in [5, 5.41) is 13.7. The average Bonchev–Trinajstić information content (AvgIpc) is 2.79. The number of benzene rings is 1. The van der Waals surface area contributed by atoms with E-state index in [1.54, 1.807) is 18.2 Å². The zero-order valence-electron chi connectivity index (χ0n) is 16.2. The maximum absolute atomic E-state index is 12.1. The molecule has 1 aliphatic rings. The molecule has 28 heavy (non-hydrogen) atoms. The van der Waals surface area contributed by atoms with Crippen molar-refractivity contribution in [3.8, 4) is 0 Å². The van der Waals surface area contributed by atoms with E-state index >= 15 is 0 Å². The second kappa shape index (κ2) is 8.54. The molecule has 0 aliphatic carbocycles. The molecule has 8 nitrogen and oxygen atoms in total. The third-order valence-electron chi connectivity index (χ3n) is 4.89. The van der Waals surface area contributed by atoms with Crippen LogP contribution in [0, 0.1) is 0 Å². The zero-order valence-corrected chi connectivity index (χ0v) is 18.6. The van der Waals surface area contributed by atoms with Gasteiger partial charge in [0, 0.05) is 12.1 Å². The minimum absolute atomic E-state index is 0. The van der Waals surface area contributed by atoms with Crippen LogP contribution in [-0.4, -0.2) is 47.8 Å². The number of carboxylic acids is 1. The Labute approximate surface area is 158 Å².